The topological polar surface area (TPSA) is 27.6 Å². The van der Waals surface area contributed by atoms with Crippen LogP contribution in [-0.2, 0) is 0 Å². The van der Waals surface area contributed by atoms with Crippen LogP contribution in [0.25, 0.3) is 0 Å². The maximum Gasteiger partial charge on any atom is 0.199 e. The number of hydrogen-bond acceptors (Lipinski definition) is 1. The molecule has 20 heavy (non-hydrogen) atoms. The molecule has 3 nitrogen and oxygen atoms in total. The molecule has 106 valence electrons. The zero-order valence-electron chi connectivity index (χ0n) is 12.2. The Labute approximate surface area is 122 Å². The molecule has 1 heterocycles. The molecule has 0 aromatic heterocycles. The largest absolute Gasteiger partial charge is 0.343 e. The van der Waals surface area contributed by atoms with E-state index in [-0.39, 0.29) is 6.04 Å². The molecular formula is C17H23N3. The van der Waals surface area contributed by atoms with E-state index in [0.717, 1.165) is 31.2 Å². The van der Waals surface area contributed by atoms with E-state index >= 15 is 0 Å². The fourth-order valence-corrected chi connectivity index (χ4v) is 2.34. The molecule has 0 bridgehead atoms. The average molecular weight is 269 g/mol. The Kier molecular flexibility index (Phi) is 5.49. The van der Waals surface area contributed by atoms with Crippen LogP contribution >= 0.6 is 0 Å². The van der Waals surface area contributed by atoms with E-state index in [1.807, 2.05) is 18.2 Å². The van der Waals surface area contributed by atoms with Gasteiger partial charge < -0.3 is 10.2 Å². The Hall–Kier alpha value is -1.95. The van der Waals surface area contributed by atoms with Gasteiger partial charge in [-0.15, -0.1) is 6.42 Å². The lowest BCUT2D eigenvalue weighted by Crippen LogP contribution is -2.40. The number of benzene rings is 1. The first-order valence-electron chi connectivity index (χ1n) is 7.44. The molecule has 0 radical (unpaired) electrons. The number of guanidine groups is 1. The molecule has 1 aliphatic heterocycles. The van der Waals surface area contributed by atoms with Gasteiger partial charge in [0.1, 0.15) is 6.04 Å². The van der Waals surface area contributed by atoms with Crippen LogP contribution < -0.4 is 5.32 Å². The van der Waals surface area contributed by atoms with E-state index in [2.05, 4.69) is 35.2 Å². The second kappa shape index (κ2) is 7.59. The van der Waals surface area contributed by atoms with Crippen molar-refractivity contribution in [2.45, 2.75) is 38.6 Å². The zero-order chi connectivity index (χ0) is 14.2. The van der Waals surface area contributed by atoms with Crippen molar-refractivity contribution in [2.75, 3.05) is 18.4 Å². The number of terminal acetylenes is 1. The van der Waals surface area contributed by atoms with Gasteiger partial charge in [-0.2, -0.15) is 0 Å². The summed E-state index contributed by atoms with van der Waals surface area (Å²) >= 11 is 0. The molecule has 1 N–H and O–H groups in total. The number of likely N-dealkylation sites (tertiary alicyclic amines) is 1. The highest BCUT2D eigenvalue weighted by molar-refractivity contribution is 5.94. The van der Waals surface area contributed by atoms with Crippen molar-refractivity contribution in [2.24, 2.45) is 4.99 Å². The molecule has 1 aliphatic rings. The molecule has 1 saturated heterocycles. The van der Waals surface area contributed by atoms with E-state index in [1.165, 1.54) is 19.3 Å². The smallest absolute Gasteiger partial charge is 0.199 e. The highest BCUT2D eigenvalue weighted by Crippen LogP contribution is 2.13. The van der Waals surface area contributed by atoms with E-state index < -0.39 is 0 Å². The summed E-state index contributed by atoms with van der Waals surface area (Å²) in [7, 11) is 0. The van der Waals surface area contributed by atoms with E-state index in [9.17, 15) is 0 Å². The predicted molar refractivity (Wildman–Crippen MR) is 85.8 cm³/mol. The number of hydrogen-bond donors (Lipinski definition) is 1. The molecule has 0 amide bonds. The summed E-state index contributed by atoms with van der Waals surface area (Å²) in [4.78, 5) is 7.04. The standard InChI is InChI=1S/C17H23N3/c1-3-15(4-2)18-17(20-13-9-6-10-14-20)19-16-11-7-5-8-12-16/h1,5,7-8,11-12,15H,4,6,9-10,13-14H2,2H3,(H,18,19). The first-order valence-corrected chi connectivity index (χ1v) is 7.44. The fourth-order valence-electron chi connectivity index (χ4n) is 2.34. The number of rotatable bonds is 3. The fraction of sp³-hybridized carbons (Fsp3) is 0.471. The summed E-state index contributed by atoms with van der Waals surface area (Å²) in [6.07, 6.45) is 10.2. The number of anilines is 1. The van der Waals surface area contributed by atoms with Crippen molar-refractivity contribution in [1.29, 1.82) is 0 Å². The Balaban J connectivity index is 2.17. The molecule has 0 aliphatic carbocycles. The molecule has 1 fully saturated rings. The van der Waals surface area contributed by atoms with Crippen molar-refractivity contribution >= 4 is 11.6 Å². The lowest BCUT2D eigenvalue weighted by molar-refractivity contribution is 0.340. The van der Waals surface area contributed by atoms with E-state index in [1.54, 1.807) is 0 Å². The third-order valence-electron chi connectivity index (χ3n) is 3.54. The lowest BCUT2D eigenvalue weighted by atomic mass is 10.1. The van der Waals surface area contributed by atoms with Gasteiger partial charge in [0.05, 0.1) is 0 Å². The van der Waals surface area contributed by atoms with Crippen LogP contribution in [-0.4, -0.2) is 30.0 Å². The molecule has 1 aromatic carbocycles. The summed E-state index contributed by atoms with van der Waals surface area (Å²) in [6.45, 7) is 4.18. The predicted octanol–water partition coefficient (Wildman–Crippen LogP) is 3.35. The Morgan fingerprint density at radius 3 is 2.60 bits per heavy atom. The number of nitrogens with one attached hydrogen (secondary N) is 1. The monoisotopic (exact) mass is 269 g/mol. The van der Waals surface area contributed by atoms with Gasteiger partial charge in [-0.25, -0.2) is 4.99 Å². The zero-order valence-corrected chi connectivity index (χ0v) is 12.2. The number of piperidine rings is 1. The average Bonchev–Trinajstić information content (AvgIpc) is 2.53. The molecule has 0 spiro atoms. The summed E-state index contributed by atoms with van der Waals surface area (Å²) in [6, 6.07) is 10.1. The second-order valence-electron chi connectivity index (χ2n) is 5.08. The number of aliphatic imine (C=N–C) groups is 1. The van der Waals surface area contributed by atoms with Crippen LogP contribution in [0, 0.1) is 12.3 Å². The Bertz CT molecular complexity index is 467. The van der Waals surface area contributed by atoms with Crippen molar-refractivity contribution in [1.82, 2.24) is 4.90 Å². The SMILES string of the molecule is C#CC(CC)N=C(Nc1ccccc1)N1CCCCC1. The quantitative estimate of drug-likeness (QED) is 0.517. The van der Waals surface area contributed by atoms with E-state index in [4.69, 9.17) is 11.4 Å². The molecular weight excluding hydrogens is 246 g/mol. The number of para-hydroxylation sites is 1. The van der Waals surface area contributed by atoms with Gasteiger partial charge in [-0.1, -0.05) is 31.0 Å². The highest BCUT2D eigenvalue weighted by atomic mass is 15.3. The minimum atomic E-state index is -0.0526. The summed E-state index contributed by atoms with van der Waals surface area (Å²) in [5.74, 6) is 3.67. The maximum atomic E-state index is 5.55. The Morgan fingerprint density at radius 2 is 2.00 bits per heavy atom. The molecule has 1 aromatic rings. The first-order chi connectivity index (χ1) is 9.83. The Morgan fingerprint density at radius 1 is 1.30 bits per heavy atom. The molecule has 0 saturated carbocycles. The van der Waals surface area contributed by atoms with Gasteiger partial charge in [0.2, 0.25) is 0 Å². The van der Waals surface area contributed by atoms with Crippen LogP contribution in [0.1, 0.15) is 32.6 Å². The highest BCUT2D eigenvalue weighted by Gasteiger charge is 2.16. The molecule has 2 rings (SSSR count). The van der Waals surface area contributed by atoms with Crippen LogP contribution in [0.2, 0.25) is 0 Å². The molecule has 1 unspecified atom stereocenters. The normalized spacial score (nSPS) is 17.4. The van der Waals surface area contributed by atoms with Gasteiger partial charge in [-0.3, -0.25) is 0 Å². The van der Waals surface area contributed by atoms with Crippen LogP contribution in [0.4, 0.5) is 5.69 Å². The van der Waals surface area contributed by atoms with Gasteiger partial charge in [0.15, 0.2) is 5.96 Å². The van der Waals surface area contributed by atoms with Crippen LogP contribution in [0.15, 0.2) is 35.3 Å². The minimum Gasteiger partial charge on any atom is -0.343 e. The summed E-state index contributed by atoms with van der Waals surface area (Å²) in [5, 5.41) is 3.43. The van der Waals surface area contributed by atoms with Crippen LogP contribution in [0.3, 0.4) is 0 Å². The van der Waals surface area contributed by atoms with Crippen molar-refractivity contribution in [3.05, 3.63) is 30.3 Å². The van der Waals surface area contributed by atoms with Gasteiger partial charge in [0, 0.05) is 18.8 Å². The third-order valence-corrected chi connectivity index (χ3v) is 3.54. The lowest BCUT2D eigenvalue weighted by Gasteiger charge is -2.30. The molecule has 3 heteroatoms. The number of nitrogens with zero attached hydrogens (tertiary/aromatic N) is 2. The van der Waals surface area contributed by atoms with Crippen molar-refractivity contribution in [3.8, 4) is 12.3 Å². The van der Waals surface area contributed by atoms with Gasteiger partial charge in [0.25, 0.3) is 0 Å². The third kappa shape index (κ3) is 4.03. The second-order valence-corrected chi connectivity index (χ2v) is 5.08. The summed E-state index contributed by atoms with van der Waals surface area (Å²) in [5.41, 5.74) is 1.06. The molecule has 1 atom stereocenters. The van der Waals surface area contributed by atoms with Gasteiger partial charge in [-0.05, 0) is 37.8 Å². The van der Waals surface area contributed by atoms with Crippen molar-refractivity contribution < 1.29 is 0 Å². The minimum absolute atomic E-state index is 0.0526. The van der Waals surface area contributed by atoms with E-state index in [0.29, 0.717) is 0 Å². The van der Waals surface area contributed by atoms with Gasteiger partial charge >= 0.3 is 0 Å². The van der Waals surface area contributed by atoms with Crippen LogP contribution in [0.5, 0.6) is 0 Å². The maximum absolute atomic E-state index is 5.55. The summed E-state index contributed by atoms with van der Waals surface area (Å²) < 4.78 is 0. The van der Waals surface area contributed by atoms with Crippen molar-refractivity contribution in [3.63, 3.8) is 0 Å². The first kappa shape index (κ1) is 14.5.